The van der Waals surface area contributed by atoms with Gasteiger partial charge in [0.1, 0.15) is 11.6 Å². The van der Waals surface area contributed by atoms with E-state index in [1.165, 1.54) is 0 Å². The zero-order valence-electron chi connectivity index (χ0n) is 24.4. The van der Waals surface area contributed by atoms with Crippen molar-refractivity contribution in [2.45, 2.75) is 58.0 Å². The Balaban J connectivity index is 1.33. The normalized spacial score (nSPS) is 16.7. The van der Waals surface area contributed by atoms with Crippen molar-refractivity contribution in [2.24, 2.45) is 0 Å². The number of nitriles is 1. The number of hydrogen-bond acceptors (Lipinski definition) is 9. The third-order valence-corrected chi connectivity index (χ3v) is 7.85. The van der Waals surface area contributed by atoms with Gasteiger partial charge in [0.15, 0.2) is 5.78 Å². The number of aliphatic hydroxyl groups is 1. The number of morpholine rings is 1. The fourth-order valence-corrected chi connectivity index (χ4v) is 5.32. The molecule has 2 fully saturated rings. The molecule has 5 rings (SSSR count). The fourth-order valence-electron chi connectivity index (χ4n) is 5.32. The fraction of sp³-hybridized carbons (Fsp3) is 0.469. The number of nitrogens with zero attached hydrogens (tertiary/aromatic N) is 6. The molecule has 3 aromatic heterocycles. The molecule has 0 radical (unpaired) electrons. The van der Waals surface area contributed by atoms with Crippen LogP contribution in [0.3, 0.4) is 0 Å². The second kappa shape index (κ2) is 11.6. The van der Waals surface area contributed by atoms with Crippen molar-refractivity contribution in [1.82, 2.24) is 15.0 Å². The Morgan fingerprint density at radius 3 is 2.51 bits per heavy atom. The Kier molecular flexibility index (Phi) is 8.07. The highest BCUT2D eigenvalue weighted by Crippen LogP contribution is 2.34. The van der Waals surface area contributed by atoms with Gasteiger partial charge in [0, 0.05) is 61.8 Å². The van der Waals surface area contributed by atoms with E-state index in [0.717, 1.165) is 53.5 Å². The number of rotatable bonds is 9. The molecule has 41 heavy (non-hydrogen) atoms. The van der Waals surface area contributed by atoms with Gasteiger partial charge in [0.2, 0.25) is 0 Å². The van der Waals surface area contributed by atoms with Gasteiger partial charge in [-0.15, -0.1) is 0 Å². The van der Waals surface area contributed by atoms with Crippen LogP contribution in [0.5, 0.6) is 0 Å². The van der Waals surface area contributed by atoms with Crippen molar-refractivity contribution in [3.05, 3.63) is 65.2 Å². The lowest BCUT2D eigenvalue weighted by Crippen LogP contribution is -2.60. The maximum atomic E-state index is 12.9. The molecule has 5 heterocycles. The summed E-state index contributed by atoms with van der Waals surface area (Å²) in [6, 6.07) is 12.1. The first kappa shape index (κ1) is 28.7. The first-order valence-electron chi connectivity index (χ1n) is 14.2. The first-order valence-corrected chi connectivity index (χ1v) is 14.2. The number of aromatic nitrogens is 3. The maximum absolute atomic E-state index is 12.9. The average molecular weight is 555 g/mol. The maximum Gasteiger partial charge on any atom is 0.163 e. The third kappa shape index (κ3) is 6.55. The summed E-state index contributed by atoms with van der Waals surface area (Å²) in [6.45, 7) is 11.5. The zero-order chi connectivity index (χ0) is 29.2. The predicted molar refractivity (Wildman–Crippen MR) is 158 cm³/mol. The molecular formula is C32H38N6O3. The van der Waals surface area contributed by atoms with E-state index >= 15 is 0 Å². The van der Waals surface area contributed by atoms with Crippen molar-refractivity contribution in [1.29, 1.82) is 5.26 Å². The standard InChI is InChI=1S/C32H38N6O3/c1-22-26(25-16-29(37-10-12-41-13-11-37)36-30(17-25)38-20-32(4,40)21-38)14-23(18-35-22)6-5-7-27(39)24-8-9-34-28(15-24)31(2,3)19-33/h8-9,14-18,40H,5-7,10-13,20-21H2,1-4H3. The Labute approximate surface area is 241 Å². The van der Waals surface area contributed by atoms with Gasteiger partial charge in [-0.2, -0.15) is 5.26 Å². The van der Waals surface area contributed by atoms with Crippen molar-refractivity contribution >= 4 is 17.4 Å². The number of ketones is 1. The number of pyridine rings is 3. The third-order valence-electron chi connectivity index (χ3n) is 7.85. The van der Waals surface area contributed by atoms with Gasteiger partial charge in [-0.25, -0.2) is 4.98 Å². The summed E-state index contributed by atoms with van der Waals surface area (Å²) in [5, 5.41) is 19.8. The Hall–Kier alpha value is -3.87. The molecule has 3 aromatic rings. The molecular weight excluding hydrogens is 516 g/mol. The quantitative estimate of drug-likeness (QED) is 0.387. The Bertz CT molecular complexity index is 1460. The molecule has 9 nitrogen and oxygen atoms in total. The Morgan fingerprint density at radius 2 is 1.83 bits per heavy atom. The van der Waals surface area contributed by atoms with Gasteiger partial charge in [-0.3, -0.25) is 14.8 Å². The van der Waals surface area contributed by atoms with Gasteiger partial charge in [-0.1, -0.05) is 0 Å². The highest BCUT2D eigenvalue weighted by molar-refractivity contribution is 5.96. The molecule has 214 valence electrons. The van der Waals surface area contributed by atoms with Crippen LogP contribution in [-0.2, 0) is 16.6 Å². The zero-order valence-corrected chi connectivity index (χ0v) is 24.4. The summed E-state index contributed by atoms with van der Waals surface area (Å²) in [5.74, 6) is 1.79. The second-order valence-electron chi connectivity index (χ2n) is 11.9. The van der Waals surface area contributed by atoms with Crippen LogP contribution in [0.15, 0.2) is 42.7 Å². The number of anilines is 2. The lowest BCUT2D eigenvalue weighted by atomic mass is 9.89. The molecule has 0 saturated carbocycles. The summed E-state index contributed by atoms with van der Waals surface area (Å²) < 4.78 is 5.55. The SMILES string of the molecule is Cc1ncc(CCCC(=O)c2ccnc(C(C)(C)C#N)c2)cc1-c1cc(N2CCOCC2)nc(N2CC(C)(O)C2)c1. The van der Waals surface area contributed by atoms with Gasteiger partial charge in [-0.05, 0) is 82.0 Å². The molecule has 0 aliphatic carbocycles. The topological polar surface area (TPSA) is 115 Å². The summed E-state index contributed by atoms with van der Waals surface area (Å²) >= 11 is 0. The minimum atomic E-state index is -0.748. The number of ether oxygens (including phenoxy) is 1. The smallest absolute Gasteiger partial charge is 0.163 e. The van der Waals surface area contributed by atoms with E-state index in [1.807, 2.05) is 20.0 Å². The Morgan fingerprint density at radius 1 is 1.12 bits per heavy atom. The summed E-state index contributed by atoms with van der Waals surface area (Å²) in [4.78, 5) is 31.2. The van der Waals surface area contributed by atoms with Crippen LogP contribution in [0, 0.1) is 18.3 Å². The van der Waals surface area contributed by atoms with Crippen LogP contribution in [-0.4, -0.2) is 70.8 Å². The van der Waals surface area contributed by atoms with Crippen LogP contribution in [0.4, 0.5) is 11.6 Å². The summed E-state index contributed by atoms with van der Waals surface area (Å²) in [5.41, 5.74) is 3.82. The molecule has 0 aromatic carbocycles. The lowest BCUT2D eigenvalue weighted by molar-refractivity contribution is 0.0305. The summed E-state index contributed by atoms with van der Waals surface area (Å²) in [7, 11) is 0. The minimum Gasteiger partial charge on any atom is -0.386 e. The van der Waals surface area contributed by atoms with Crippen molar-refractivity contribution in [3.63, 3.8) is 0 Å². The number of Topliss-reactive ketones (excluding diaryl/α,β-unsaturated/α-hetero) is 1. The molecule has 0 spiro atoms. The predicted octanol–water partition coefficient (Wildman–Crippen LogP) is 4.26. The van der Waals surface area contributed by atoms with Gasteiger partial charge < -0.3 is 19.6 Å². The monoisotopic (exact) mass is 554 g/mol. The van der Waals surface area contributed by atoms with E-state index in [4.69, 9.17) is 14.7 Å². The lowest BCUT2D eigenvalue weighted by Gasteiger charge is -2.45. The van der Waals surface area contributed by atoms with E-state index in [1.54, 1.807) is 32.2 Å². The van der Waals surface area contributed by atoms with Crippen LogP contribution < -0.4 is 9.80 Å². The van der Waals surface area contributed by atoms with E-state index in [2.05, 4.69) is 39.1 Å². The van der Waals surface area contributed by atoms with E-state index in [-0.39, 0.29) is 5.78 Å². The average Bonchev–Trinajstić information content (AvgIpc) is 2.97. The van der Waals surface area contributed by atoms with Crippen LogP contribution >= 0.6 is 0 Å². The number of carbonyl (C=O) groups excluding carboxylic acids is 1. The molecule has 2 saturated heterocycles. The molecule has 2 aliphatic heterocycles. The summed E-state index contributed by atoms with van der Waals surface area (Å²) in [6.07, 6.45) is 5.30. The highest BCUT2D eigenvalue weighted by Gasteiger charge is 2.37. The molecule has 9 heteroatoms. The molecule has 0 amide bonds. The molecule has 0 unspecified atom stereocenters. The van der Waals surface area contributed by atoms with Gasteiger partial charge >= 0.3 is 0 Å². The second-order valence-corrected chi connectivity index (χ2v) is 11.9. The molecule has 0 atom stereocenters. The van der Waals surface area contributed by atoms with Crippen molar-refractivity contribution < 1.29 is 14.6 Å². The largest absolute Gasteiger partial charge is 0.386 e. The number of β-amino-alcohol motifs (C(OH)–C–C–N with tert-alkyl or cyclic N) is 1. The number of hydrogen-bond donors (Lipinski definition) is 1. The van der Waals surface area contributed by atoms with Crippen molar-refractivity contribution in [3.8, 4) is 17.2 Å². The van der Waals surface area contributed by atoms with Crippen molar-refractivity contribution in [2.75, 3.05) is 49.2 Å². The number of aryl methyl sites for hydroxylation is 2. The van der Waals surface area contributed by atoms with Gasteiger partial charge in [0.05, 0.1) is 36.0 Å². The first-order chi connectivity index (χ1) is 19.5. The van der Waals surface area contributed by atoms with E-state index in [9.17, 15) is 15.2 Å². The molecule has 2 aliphatic rings. The highest BCUT2D eigenvalue weighted by atomic mass is 16.5. The van der Waals surface area contributed by atoms with E-state index < -0.39 is 11.0 Å². The number of carbonyl (C=O) groups is 1. The molecule has 0 bridgehead atoms. The van der Waals surface area contributed by atoms with Crippen LogP contribution in [0.1, 0.15) is 60.9 Å². The van der Waals surface area contributed by atoms with Gasteiger partial charge in [0.25, 0.3) is 0 Å². The van der Waals surface area contributed by atoms with E-state index in [0.29, 0.717) is 50.4 Å². The minimum absolute atomic E-state index is 0.0436. The molecule has 1 N–H and O–H groups in total. The van der Waals surface area contributed by atoms with Crippen LogP contribution in [0.2, 0.25) is 0 Å². The van der Waals surface area contributed by atoms with Crippen LogP contribution in [0.25, 0.3) is 11.1 Å².